The van der Waals surface area contributed by atoms with Gasteiger partial charge < -0.3 is 5.73 Å². The van der Waals surface area contributed by atoms with E-state index >= 15 is 0 Å². The highest BCUT2D eigenvalue weighted by Crippen LogP contribution is 2.01. The summed E-state index contributed by atoms with van der Waals surface area (Å²) in [7, 11) is -0.0315. The SMILES string of the molecule is C[SiH2]c1cc(C)cc(N)c1. The summed E-state index contributed by atoms with van der Waals surface area (Å²) in [4.78, 5) is 0. The van der Waals surface area contributed by atoms with Crippen LogP contribution in [-0.4, -0.2) is 9.52 Å². The van der Waals surface area contributed by atoms with Gasteiger partial charge in [-0.2, -0.15) is 0 Å². The van der Waals surface area contributed by atoms with E-state index in [0.717, 1.165) is 5.69 Å². The average molecular weight is 151 g/mol. The number of anilines is 1. The Bertz CT molecular complexity index is 212. The average Bonchev–Trinajstić information content (AvgIpc) is 1.85. The highest BCUT2D eigenvalue weighted by atomic mass is 28.2. The first kappa shape index (κ1) is 7.35. The lowest BCUT2D eigenvalue weighted by Crippen LogP contribution is -2.11. The topological polar surface area (TPSA) is 26.0 Å². The van der Waals surface area contributed by atoms with E-state index < -0.39 is 0 Å². The molecule has 54 valence electrons. The van der Waals surface area contributed by atoms with Gasteiger partial charge in [0.05, 0.1) is 9.52 Å². The summed E-state index contributed by atoms with van der Waals surface area (Å²) in [6, 6.07) is 6.31. The van der Waals surface area contributed by atoms with Crippen molar-refractivity contribution in [3.8, 4) is 0 Å². The van der Waals surface area contributed by atoms with Crippen LogP contribution in [0.5, 0.6) is 0 Å². The smallest absolute Gasteiger partial charge is 0.0518 e. The third kappa shape index (κ3) is 1.61. The third-order valence-corrected chi connectivity index (χ3v) is 2.79. The van der Waals surface area contributed by atoms with Crippen LogP contribution >= 0.6 is 0 Å². The maximum Gasteiger partial charge on any atom is 0.0518 e. The molecule has 2 heteroatoms. The maximum absolute atomic E-state index is 5.66. The molecule has 0 amide bonds. The molecule has 0 aliphatic carbocycles. The van der Waals surface area contributed by atoms with Crippen molar-refractivity contribution in [3.05, 3.63) is 23.8 Å². The number of nitrogen functional groups attached to an aromatic ring is 1. The first-order chi connectivity index (χ1) is 4.72. The molecule has 0 heterocycles. The highest BCUT2D eigenvalue weighted by Gasteiger charge is 1.91. The van der Waals surface area contributed by atoms with Gasteiger partial charge in [0.1, 0.15) is 0 Å². The molecule has 1 aromatic rings. The maximum atomic E-state index is 5.66. The predicted molar refractivity (Wildman–Crippen MR) is 49.6 cm³/mol. The number of hydrogen-bond donors (Lipinski definition) is 1. The number of nitrogens with two attached hydrogens (primary N) is 1. The van der Waals surface area contributed by atoms with E-state index in [-0.39, 0.29) is 9.52 Å². The molecule has 1 nitrogen and oxygen atoms in total. The van der Waals surface area contributed by atoms with Gasteiger partial charge in [0.15, 0.2) is 0 Å². The summed E-state index contributed by atoms with van der Waals surface area (Å²) in [5.41, 5.74) is 7.85. The van der Waals surface area contributed by atoms with E-state index in [9.17, 15) is 0 Å². The van der Waals surface area contributed by atoms with Crippen molar-refractivity contribution in [2.45, 2.75) is 13.5 Å². The van der Waals surface area contributed by atoms with E-state index in [4.69, 9.17) is 5.73 Å². The Labute approximate surface area is 64.1 Å². The standard InChI is InChI=1S/C8H13NSi/c1-6-3-7(9)5-8(4-6)10-2/h3-5H,9-10H2,1-2H3. The van der Waals surface area contributed by atoms with Gasteiger partial charge in [0.25, 0.3) is 0 Å². The summed E-state index contributed by atoms with van der Waals surface area (Å²) < 4.78 is 0. The molecule has 0 fully saturated rings. The monoisotopic (exact) mass is 151 g/mol. The highest BCUT2D eigenvalue weighted by molar-refractivity contribution is 6.52. The third-order valence-electron chi connectivity index (χ3n) is 1.57. The minimum absolute atomic E-state index is 0.0315. The van der Waals surface area contributed by atoms with Crippen LogP contribution in [0.15, 0.2) is 18.2 Å². The normalized spacial score (nSPS) is 11.0. The van der Waals surface area contributed by atoms with Crippen LogP contribution < -0.4 is 10.9 Å². The van der Waals surface area contributed by atoms with E-state index in [1.807, 2.05) is 6.07 Å². The zero-order chi connectivity index (χ0) is 7.56. The Morgan fingerprint density at radius 3 is 2.50 bits per heavy atom. The van der Waals surface area contributed by atoms with Crippen LogP contribution in [0.2, 0.25) is 6.55 Å². The lowest BCUT2D eigenvalue weighted by molar-refractivity contribution is 1.49. The van der Waals surface area contributed by atoms with Crippen LogP contribution in [0.3, 0.4) is 0 Å². The Kier molecular flexibility index (Phi) is 2.12. The first-order valence-electron chi connectivity index (χ1n) is 3.58. The van der Waals surface area contributed by atoms with Crippen molar-refractivity contribution in [1.29, 1.82) is 0 Å². The molecule has 0 saturated carbocycles. The van der Waals surface area contributed by atoms with Gasteiger partial charge in [0, 0.05) is 5.69 Å². The first-order valence-corrected chi connectivity index (χ1v) is 5.70. The molecule has 1 aromatic carbocycles. The predicted octanol–water partition coefficient (Wildman–Crippen LogP) is 0.419. The molecule has 0 radical (unpaired) electrons. The molecular formula is C8H13NSi. The Balaban J connectivity index is 3.06. The van der Waals surface area contributed by atoms with Crippen molar-refractivity contribution in [2.75, 3.05) is 5.73 Å². The summed E-state index contributed by atoms with van der Waals surface area (Å²) >= 11 is 0. The minimum atomic E-state index is -0.0315. The van der Waals surface area contributed by atoms with Crippen LogP contribution in [-0.2, 0) is 0 Å². The second-order valence-corrected chi connectivity index (χ2v) is 4.13. The lowest BCUT2D eigenvalue weighted by Gasteiger charge is -2.00. The van der Waals surface area contributed by atoms with Gasteiger partial charge >= 0.3 is 0 Å². The van der Waals surface area contributed by atoms with Crippen molar-refractivity contribution in [2.24, 2.45) is 0 Å². The quantitative estimate of drug-likeness (QED) is 0.457. The fourth-order valence-electron chi connectivity index (χ4n) is 1.10. The van der Waals surface area contributed by atoms with Gasteiger partial charge in [-0.3, -0.25) is 0 Å². The van der Waals surface area contributed by atoms with E-state index in [1.54, 1.807) is 0 Å². The van der Waals surface area contributed by atoms with Crippen LogP contribution in [0.1, 0.15) is 5.56 Å². The lowest BCUT2D eigenvalue weighted by atomic mass is 10.2. The molecule has 10 heavy (non-hydrogen) atoms. The van der Waals surface area contributed by atoms with E-state index in [0.29, 0.717) is 0 Å². The van der Waals surface area contributed by atoms with Crippen molar-refractivity contribution in [1.82, 2.24) is 0 Å². The summed E-state index contributed by atoms with van der Waals surface area (Å²) in [5.74, 6) is 0. The summed E-state index contributed by atoms with van der Waals surface area (Å²) in [5, 5.41) is 1.46. The van der Waals surface area contributed by atoms with Crippen molar-refractivity contribution in [3.63, 3.8) is 0 Å². The van der Waals surface area contributed by atoms with Crippen LogP contribution in [0.4, 0.5) is 5.69 Å². The molecule has 0 aromatic heterocycles. The molecule has 0 atom stereocenters. The molecule has 0 saturated heterocycles. The fraction of sp³-hybridized carbons (Fsp3) is 0.250. The number of benzene rings is 1. The van der Waals surface area contributed by atoms with Gasteiger partial charge in [-0.05, 0) is 24.6 Å². The molecule has 0 aliphatic heterocycles. The Morgan fingerprint density at radius 2 is 2.00 bits per heavy atom. The van der Waals surface area contributed by atoms with Gasteiger partial charge in [-0.15, -0.1) is 0 Å². The molecule has 0 bridgehead atoms. The summed E-state index contributed by atoms with van der Waals surface area (Å²) in [6.07, 6.45) is 0. The molecule has 0 aliphatic rings. The molecule has 0 unspecified atom stereocenters. The molecule has 1 rings (SSSR count). The minimum Gasteiger partial charge on any atom is -0.399 e. The number of hydrogen-bond acceptors (Lipinski definition) is 1. The number of aryl methyl sites for hydroxylation is 1. The zero-order valence-electron chi connectivity index (χ0n) is 6.52. The second kappa shape index (κ2) is 2.88. The van der Waals surface area contributed by atoms with Crippen molar-refractivity contribution >= 4 is 20.4 Å². The largest absolute Gasteiger partial charge is 0.399 e. The van der Waals surface area contributed by atoms with Gasteiger partial charge in [-0.1, -0.05) is 17.8 Å². The van der Waals surface area contributed by atoms with E-state index in [1.165, 1.54) is 10.8 Å². The Morgan fingerprint density at radius 1 is 1.30 bits per heavy atom. The van der Waals surface area contributed by atoms with Crippen LogP contribution in [0, 0.1) is 6.92 Å². The summed E-state index contributed by atoms with van der Waals surface area (Å²) in [6.45, 7) is 4.36. The zero-order valence-corrected chi connectivity index (χ0v) is 7.93. The molecule has 0 spiro atoms. The second-order valence-electron chi connectivity index (χ2n) is 2.61. The Hall–Kier alpha value is -0.763. The molecular weight excluding hydrogens is 138 g/mol. The molecule has 2 N–H and O–H groups in total. The van der Waals surface area contributed by atoms with Crippen LogP contribution in [0.25, 0.3) is 0 Å². The number of rotatable bonds is 1. The van der Waals surface area contributed by atoms with Crippen molar-refractivity contribution < 1.29 is 0 Å². The van der Waals surface area contributed by atoms with E-state index in [2.05, 4.69) is 25.6 Å². The van der Waals surface area contributed by atoms with Gasteiger partial charge in [0.2, 0.25) is 0 Å². The fourth-order valence-corrected chi connectivity index (χ4v) is 2.06. The van der Waals surface area contributed by atoms with Gasteiger partial charge in [-0.25, -0.2) is 0 Å².